The molecule has 0 N–H and O–H groups in total. The van der Waals surface area contributed by atoms with E-state index in [-0.39, 0.29) is 5.97 Å². The lowest BCUT2D eigenvalue weighted by molar-refractivity contribution is -0.142. The minimum atomic E-state index is -0.0902. The molecule has 3 aliphatic rings. The molecule has 26 heavy (non-hydrogen) atoms. The third-order valence-corrected chi connectivity index (χ3v) is 6.55. The maximum Gasteiger partial charge on any atom is 0.305 e. The van der Waals surface area contributed by atoms with Gasteiger partial charge in [-0.05, 0) is 43.4 Å². The van der Waals surface area contributed by atoms with Gasteiger partial charge in [-0.25, -0.2) is 0 Å². The van der Waals surface area contributed by atoms with Crippen LogP contribution in [0.3, 0.4) is 0 Å². The molecule has 0 aliphatic carbocycles. The summed E-state index contributed by atoms with van der Waals surface area (Å²) in [5, 5.41) is 0. The van der Waals surface area contributed by atoms with Gasteiger partial charge in [0, 0.05) is 36.2 Å². The molecule has 3 aliphatic heterocycles. The molecule has 0 bridgehead atoms. The molecule has 0 spiro atoms. The van der Waals surface area contributed by atoms with E-state index in [0.29, 0.717) is 30.2 Å². The average molecular weight is 356 g/mol. The number of hydrogen-bond acceptors (Lipinski definition) is 5. The second kappa shape index (κ2) is 7.03. The molecule has 2 saturated heterocycles. The van der Waals surface area contributed by atoms with Crippen LogP contribution in [0.25, 0.3) is 0 Å². The summed E-state index contributed by atoms with van der Waals surface area (Å²) in [6.07, 6.45) is 3.72. The molecule has 0 amide bonds. The molecular formula is C21H28N2O3. The number of esters is 1. The minimum absolute atomic E-state index is 0.0902. The smallest absolute Gasteiger partial charge is 0.305 e. The molecule has 5 nitrogen and oxygen atoms in total. The zero-order chi connectivity index (χ0) is 18.3. The first-order chi connectivity index (χ1) is 12.7. The molecule has 0 saturated carbocycles. The van der Waals surface area contributed by atoms with Crippen molar-refractivity contribution >= 4 is 17.4 Å². The Labute approximate surface area is 155 Å². The van der Waals surface area contributed by atoms with Crippen LogP contribution in [0.1, 0.15) is 44.1 Å². The largest absolute Gasteiger partial charge is 0.496 e. The fraction of sp³-hybridized carbons (Fsp3) is 0.619. The highest BCUT2D eigenvalue weighted by Gasteiger charge is 2.45. The first-order valence-electron chi connectivity index (χ1n) is 9.72. The summed E-state index contributed by atoms with van der Waals surface area (Å²) in [7, 11) is 3.22. The SMILES string of the molecule is CCC1CN2CCC3C(=Nc4cccc(OC)c43)C2CC1CC(=O)OC. The Morgan fingerprint density at radius 3 is 2.88 bits per heavy atom. The molecule has 4 atom stereocenters. The fourth-order valence-electron chi connectivity index (χ4n) is 5.19. The van der Waals surface area contributed by atoms with Crippen LogP contribution >= 0.6 is 0 Å². The minimum Gasteiger partial charge on any atom is -0.496 e. The van der Waals surface area contributed by atoms with Gasteiger partial charge in [-0.1, -0.05) is 19.4 Å². The lowest BCUT2D eigenvalue weighted by Gasteiger charge is -2.48. The molecule has 5 heteroatoms. The van der Waals surface area contributed by atoms with Gasteiger partial charge >= 0.3 is 5.97 Å². The summed E-state index contributed by atoms with van der Waals surface area (Å²) in [6.45, 7) is 4.38. The van der Waals surface area contributed by atoms with Crippen LogP contribution in [-0.2, 0) is 9.53 Å². The number of methoxy groups -OCH3 is 2. The lowest BCUT2D eigenvalue weighted by atomic mass is 9.73. The Morgan fingerprint density at radius 1 is 1.31 bits per heavy atom. The quantitative estimate of drug-likeness (QED) is 0.774. The highest BCUT2D eigenvalue weighted by Crippen LogP contribution is 2.48. The van der Waals surface area contributed by atoms with E-state index in [1.165, 1.54) is 18.4 Å². The van der Waals surface area contributed by atoms with E-state index in [1.807, 2.05) is 12.1 Å². The van der Waals surface area contributed by atoms with E-state index >= 15 is 0 Å². The monoisotopic (exact) mass is 356 g/mol. The van der Waals surface area contributed by atoms with Gasteiger partial charge in [0.25, 0.3) is 0 Å². The first kappa shape index (κ1) is 17.5. The molecule has 2 fully saturated rings. The Bertz CT molecular complexity index is 730. The molecule has 1 aromatic carbocycles. The summed E-state index contributed by atoms with van der Waals surface area (Å²) < 4.78 is 10.6. The first-order valence-corrected chi connectivity index (χ1v) is 9.72. The van der Waals surface area contributed by atoms with Crippen molar-refractivity contribution in [2.75, 3.05) is 27.3 Å². The van der Waals surface area contributed by atoms with Crippen LogP contribution in [0.15, 0.2) is 23.2 Å². The number of rotatable bonds is 4. The van der Waals surface area contributed by atoms with Crippen molar-refractivity contribution in [3.63, 3.8) is 0 Å². The van der Waals surface area contributed by atoms with Crippen molar-refractivity contribution in [2.45, 2.75) is 44.6 Å². The second-order valence-electron chi connectivity index (χ2n) is 7.73. The van der Waals surface area contributed by atoms with Gasteiger partial charge < -0.3 is 9.47 Å². The standard InChI is InChI=1S/C21H28N2O3/c1-4-13-12-23-9-8-15-20-16(6-5-7-18(20)25-2)22-21(15)17(23)10-14(13)11-19(24)26-3/h5-7,13-15,17H,4,8-12H2,1-3H3. The summed E-state index contributed by atoms with van der Waals surface area (Å²) >= 11 is 0. The van der Waals surface area contributed by atoms with Crippen molar-refractivity contribution < 1.29 is 14.3 Å². The van der Waals surface area contributed by atoms with Crippen LogP contribution in [-0.4, -0.2) is 49.9 Å². The number of ether oxygens (including phenoxy) is 2. The maximum atomic E-state index is 11.9. The van der Waals surface area contributed by atoms with E-state index in [1.54, 1.807) is 7.11 Å². The second-order valence-corrected chi connectivity index (χ2v) is 7.73. The normalized spacial score (nSPS) is 30.0. The maximum absolute atomic E-state index is 11.9. The van der Waals surface area contributed by atoms with Gasteiger partial charge in [0.05, 0.1) is 19.9 Å². The summed E-state index contributed by atoms with van der Waals surface area (Å²) in [6, 6.07) is 6.49. The topological polar surface area (TPSA) is 51.1 Å². The number of aliphatic imine (C=N–C) groups is 1. The van der Waals surface area contributed by atoms with Gasteiger partial charge in [0.1, 0.15) is 5.75 Å². The van der Waals surface area contributed by atoms with Gasteiger partial charge in [-0.2, -0.15) is 0 Å². The van der Waals surface area contributed by atoms with Crippen molar-refractivity contribution in [3.8, 4) is 5.75 Å². The molecule has 4 rings (SSSR count). The zero-order valence-electron chi connectivity index (χ0n) is 15.9. The average Bonchev–Trinajstić information content (AvgIpc) is 3.06. The molecular weight excluding hydrogens is 328 g/mol. The molecule has 0 radical (unpaired) electrons. The Morgan fingerprint density at radius 2 is 2.15 bits per heavy atom. The Kier molecular flexibility index (Phi) is 4.74. The zero-order valence-corrected chi connectivity index (χ0v) is 15.9. The molecule has 1 aromatic rings. The number of piperidine rings is 2. The third-order valence-electron chi connectivity index (χ3n) is 6.55. The number of carbonyl (C=O) groups excluding carboxylic acids is 1. The molecule has 140 valence electrons. The number of benzene rings is 1. The summed E-state index contributed by atoms with van der Waals surface area (Å²) in [5.41, 5.74) is 3.60. The van der Waals surface area contributed by atoms with Crippen LogP contribution in [0.5, 0.6) is 5.75 Å². The Hall–Kier alpha value is -1.88. The number of hydrogen-bond donors (Lipinski definition) is 0. The predicted molar refractivity (Wildman–Crippen MR) is 101 cm³/mol. The van der Waals surface area contributed by atoms with Gasteiger partial charge in [0.15, 0.2) is 0 Å². The van der Waals surface area contributed by atoms with Crippen molar-refractivity contribution in [2.24, 2.45) is 16.8 Å². The highest BCUT2D eigenvalue weighted by atomic mass is 16.5. The molecule has 3 heterocycles. The van der Waals surface area contributed by atoms with E-state index in [9.17, 15) is 4.79 Å². The predicted octanol–water partition coefficient (Wildman–Crippen LogP) is 3.55. The van der Waals surface area contributed by atoms with Crippen LogP contribution in [0, 0.1) is 11.8 Å². The van der Waals surface area contributed by atoms with Crippen LogP contribution in [0.4, 0.5) is 5.69 Å². The van der Waals surface area contributed by atoms with Gasteiger partial charge in [0.2, 0.25) is 0 Å². The third kappa shape index (κ3) is 2.82. The van der Waals surface area contributed by atoms with E-state index in [0.717, 1.165) is 43.8 Å². The van der Waals surface area contributed by atoms with Crippen LogP contribution in [0.2, 0.25) is 0 Å². The van der Waals surface area contributed by atoms with E-state index in [2.05, 4.69) is 17.9 Å². The van der Waals surface area contributed by atoms with Crippen molar-refractivity contribution in [1.29, 1.82) is 0 Å². The van der Waals surface area contributed by atoms with Crippen molar-refractivity contribution in [3.05, 3.63) is 23.8 Å². The Balaban J connectivity index is 1.62. The summed E-state index contributed by atoms with van der Waals surface area (Å²) in [4.78, 5) is 19.5. The fourth-order valence-corrected chi connectivity index (χ4v) is 5.19. The van der Waals surface area contributed by atoms with E-state index in [4.69, 9.17) is 14.5 Å². The molecule has 4 unspecified atom stereocenters. The van der Waals surface area contributed by atoms with Crippen molar-refractivity contribution in [1.82, 2.24) is 4.90 Å². The number of fused-ring (bicyclic) bond motifs is 5. The number of carbonyl (C=O) groups is 1. The lowest BCUT2D eigenvalue weighted by Crippen LogP contribution is -2.55. The number of nitrogens with zero attached hydrogens (tertiary/aromatic N) is 2. The molecule has 0 aromatic heterocycles. The van der Waals surface area contributed by atoms with Gasteiger partial charge in [-0.3, -0.25) is 14.7 Å². The summed E-state index contributed by atoms with van der Waals surface area (Å²) in [5.74, 6) is 2.15. The van der Waals surface area contributed by atoms with Crippen LogP contribution < -0.4 is 4.74 Å². The van der Waals surface area contributed by atoms with Gasteiger partial charge in [-0.15, -0.1) is 0 Å². The highest BCUT2D eigenvalue weighted by molar-refractivity contribution is 6.03. The van der Waals surface area contributed by atoms with E-state index < -0.39 is 0 Å².